The van der Waals surface area contributed by atoms with Crippen LogP contribution in [0.4, 0.5) is 5.69 Å². The molecule has 1 aliphatic carbocycles. The fraction of sp³-hybridized carbons (Fsp3) is 0.179. The summed E-state index contributed by atoms with van der Waals surface area (Å²) >= 11 is 0. The highest BCUT2D eigenvalue weighted by atomic mass is 14.7. The summed E-state index contributed by atoms with van der Waals surface area (Å²) in [5, 5.41) is 9.75. The fourth-order valence-corrected chi connectivity index (χ4v) is 4.49. The van der Waals surface area contributed by atoms with E-state index in [9.17, 15) is 0 Å². The molecule has 2 aromatic carbocycles. The third kappa shape index (κ3) is 3.63. The Bertz CT molecular complexity index is 1390. The molecule has 0 aliphatic heterocycles. The number of anilines is 1. The minimum Gasteiger partial charge on any atom is -0.398 e. The van der Waals surface area contributed by atoms with Gasteiger partial charge in [-0.15, -0.1) is 0 Å². The van der Waals surface area contributed by atoms with E-state index in [0.717, 1.165) is 53.4 Å². The van der Waals surface area contributed by atoms with Crippen LogP contribution in [-0.4, -0.2) is 15.7 Å². The molecule has 0 bridgehead atoms. The summed E-state index contributed by atoms with van der Waals surface area (Å²) in [5.41, 5.74) is 15.6. The van der Waals surface area contributed by atoms with Crippen LogP contribution in [0, 0.1) is 24.2 Å². The van der Waals surface area contributed by atoms with Gasteiger partial charge in [0.15, 0.2) is 0 Å². The summed E-state index contributed by atoms with van der Waals surface area (Å²) < 4.78 is 0. The minimum atomic E-state index is 0.225. The number of nitrogens with one attached hydrogen (secondary N) is 1. The number of pyridine rings is 2. The van der Waals surface area contributed by atoms with Crippen molar-refractivity contribution in [1.82, 2.24) is 9.97 Å². The maximum atomic E-state index is 8.76. The standard InChI is InChI=1S/C28H24N4/c1-18-6-9-20(10-7-18)28-22-5-3-2-4-21(22)26-25(32-28)13-12-24(30)27(26)23(29)11-8-19-14-16-31-17-15-19/h6-7,9-10,12-17,29H,2-5,30H2,1H3. The average Bonchev–Trinajstić information content (AvgIpc) is 2.83. The highest BCUT2D eigenvalue weighted by Crippen LogP contribution is 2.38. The molecular weight excluding hydrogens is 392 g/mol. The Morgan fingerprint density at radius 2 is 1.66 bits per heavy atom. The number of hydrogen-bond acceptors (Lipinski definition) is 4. The second-order valence-corrected chi connectivity index (χ2v) is 8.28. The third-order valence-corrected chi connectivity index (χ3v) is 6.09. The van der Waals surface area contributed by atoms with Crippen LogP contribution in [0.1, 0.15) is 40.7 Å². The highest BCUT2D eigenvalue weighted by molar-refractivity contribution is 6.21. The minimum absolute atomic E-state index is 0.225. The van der Waals surface area contributed by atoms with E-state index in [2.05, 4.69) is 48.0 Å². The van der Waals surface area contributed by atoms with E-state index in [4.69, 9.17) is 16.1 Å². The first-order chi connectivity index (χ1) is 15.6. The quantitative estimate of drug-likeness (QED) is 0.258. The zero-order valence-corrected chi connectivity index (χ0v) is 18.1. The van der Waals surface area contributed by atoms with Crippen molar-refractivity contribution in [2.75, 3.05) is 5.73 Å². The first-order valence-electron chi connectivity index (χ1n) is 10.9. The Hall–Kier alpha value is -3.97. The normalized spacial score (nSPS) is 12.7. The van der Waals surface area contributed by atoms with Gasteiger partial charge in [-0.3, -0.25) is 10.4 Å². The van der Waals surface area contributed by atoms with E-state index >= 15 is 0 Å². The van der Waals surface area contributed by atoms with Crippen molar-refractivity contribution in [3.8, 4) is 23.1 Å². The molecule has 4 aromatic rings. The van der Waals surface area contributed by atoms with Crippen molar-refractivity contribution in [3.05, 3.63) is 88.7 Å². The molecule has 0 radical (unpaired) electrons. The molecular formula is C28H24N4. The van der Waals surface area contributed by atoms with Crippen LogP contribution in [0.5, 0.6) is 0 Å². The molecule has 0 saturated heterocycles. The van der Waals surface area contributed by atoms with Crippen LogP contribution < -0.4 is 5.73 Å². The van der Waals surface area contributed by atoms with E-state index in [-0.39, 0.29) is 5.71 Å². The lowest BCUT2D eigenvalue weighted by molar-refractivity contribution is 0.689. The molecule has 156 valence electrons. The molecule has 5 rings (SSSR count). The number of nitrogens with zero attached hydrogens (tertiary/aromatic N) is 2. The van der Waals surface area contributed by atoms with Gasteiger partial charge in [0.05, 0.1) is 11.2 Å². The number of fused-ring (bicyclic) bond motifs is 3. The van der Waals surface area contributed by atoms with E-state index in [1.165, 1.54) is 16.7 Å². The molecule has 4 nitrogen and oxygen atoms in total. The zero-order chi connectivity index (χ0) is 22.1. The van der Waals surface area contributed by atoms with Gasteiger partial charge in [0, 0.05) is 40.2 Å². The van der Waals surface area contributed by atoms with Crippen LogP contribution >= 0.6 is 0 Å². The Morgan fingerprint density at radius 3 is 2.41 bits per heavy atom. The van der Waals surface area contributed by atoms with Crippen molar-refractivity contribution in [2.24, 2.45) is 0 Å². The van der Waals surface area contributed by atoms with Gasteiger partial charge in [-0.1, -0.05) is 35.7 Å². The summed E-state index contributed by atoms with van der Waals surface area (Å²) in [6.45, 7) is 2.10. The van der Waals surface area contributed by atoms with Gasteiger partial charge in [0.1, 0.15) is 5.71 Å². The van der Waals surface area contributed by atoms with Crippen LogP contribution in [-0.2, 0) is 12.8 Å². The number of benzene rings is 2. The molecule has 2 heterocycles. The van der Waals surface area contributed by atoms with Crippen LogP contribution in [0.15, 0.2) is 60.9 Å². The third-order valence-electron chi connectivity index (χ3n) is 6.09. The summed E-state index contributed by atoms with van der Waals surface area (Å²) in [6, 6.07) is 16.1. The fourth-order valence-electron chi connectivity index (χ4n) is 4.49. The number of rotatable bonds is 2. The zero-order valence-electron chi connectivity index (χ0n) is 18.1. The maximum absolute atomic E-state index is 8.76. The molecule has 1 aliphatic rings. The molecule has 0 atom stereocenters. The second-order valence-electron chi connectivity index (χ2n) is 8.28. The van der Waals surface area contributed by atoms with Crippen LogP contribution in [0.3, 0.4) is 0 Å². The summed E-state index contributed by atoms with van der Waals surface area (Å²) in [5.74, 6) is 6.07. The Morgan fingerprint density at radius 1 is 0.938 bits per heavy atom. The first kappa shape index (κ1) is 20.0. The molecule has 0 saturated carbocycles. The van der Waals surface area contributed by atoms with Gasteiger partial charge in [-0.25, -0.2) is 4.98 Å². The predicted octanol–water partition coefficient (Wildman–Crippen LogP) is 5.49. The lowest BCUT2D eigenvalue weighted by atomic mass is 9.84. The van der Waals surface area contributed by atoms with Crippen molar-refractivity contribution in [2.45, 2.75) is 32.6 Å². The van der Waals surface area contributed by atoms with Crippen LogP contribution in [0.25, 0.3) is 22.2 Å². The maximum Gasteiger partial charge on any atom is 0.114 e. The van der Waals surface area contributed by atoms with Gasteiger partial charge in [0.2, 0.25) is 0 Å². The van der Waals surface area contributed by atoms with Gasteiger partial charge in [-0.05, 0) is 73.9 Å². The number of hydrogen-bond donors (Lipinski definition) is 2. The van der Waals surface area contributed by atoms with Gasteiger partial charge >= 0.3 is 0 Å². The molecule has 4 heteroatoms. The molecule has 0 fully saturated rings. The lowest BCUT2D eigenvalue weighted by Crippen LogP contribution is -2.11. The SMILES string of the molecule is Cc1ccc(-c2nc3ccc(N)c(C(=N)C#Cc4ccncc4)c3c3c2CCCC3)cc1. The Kier molecular flexibility index (Phi) is 5.17. The molecule has 0 spiro atoms. The molecule has 0 unspecified atom stereocenters. The van der Waals surface area contributed by atoms with Crippen molar-refractivity contribution in [1.29, 1.82) is 5.41 Å². The Labute approximate surface area is 188 Å². The van der Waals surface area contributed by atoms with E-state index in [1.807, 2.05) is 24.3 Å². The monoisotopic (exact) mass is 416 g/mol. The molecule has 3 N–H and O–H groups in total. The number of aromatic nitrogens is 2. The highest BCUT2D eigenvalue weighted by Gasteiger charge is 2.23. The second kappa shape index (κ2) is 8.28. The van der Waals surface area contributed by atoms with Crippen molar-refractivity contribution < 1.29 is 0 Å². The van der Waals surface area contributed by atoms with Gasteiger partial charge < -0.3 is 5.73 Å². The number of nitrogens with two attached hydrogens (primary N) is 1. The topological polar surface area (TPSA) is 75.7 Å². The number of nitrogen functional groups attached to an aromatic ring is 1. The lowest BCUT2D eigenvalue weighted by Gasteiger charge is -2.23. The molecule has 0 amide bonds. The smallest absolute Gasteiger partial charge is 0.114 e. The molecule has 32 heavy (non-hydrogen) atoms. The Balaban J connectivity index is 1.72. The predicted molar refractivity (Wildman–Crippen MR) is 131 cm³/mol. The average molecular weight is 417 g/mol. The van der Waals surface area contributed by atoms with E-state index in [0.29, 0.717) is 11.3 Å². The molecule has 2 aromatic heterocycles. The van der Waals surface area contributed by atoms with Gasteiger partial charge in [-0.2, -0.15) is 0 Å². The van der Waals surface area contributed by atoms with Crippen LogP contribution in [0.2, 0.25) is 0 Å². The first-order valence-corrected chi connectivity index (χ1v) is 10.9. The van der Waals surface area contributed by atoms with Crippen molar-refractivity contribution >= 4 is 22.3 Å². The summed E-state index contributed by atoms with van der Waals surface area (Å²) in [6.07, 6.45) is 7.64. The summed E-state index contributed by atoms with van der Waals surface area (Å²) in [4.78, 5) is 9.10. The van der Waals surface area contributed by atoms with Gasteiger partial charge in [0.25, 0.3) is 0 Å². The van der Waals surface area contributed by atoms with Crippen molar-refractivity contribution in [3.63, 3.8) is 0 Å². The largest absolute Gasteiger partial charge is 0.398 e. The number of aryl methyl sites for hydroxylation is 2. The van der Waals surface area contributed by atoms with E-state index < -0.39 is 0 Å². The summed E-state index contributed by atoms with van der Waals surface area (Å²) in [7, 11) is 0. The van der Waals surface area contributed by atoms with E-state index in [1.54, 1.807) is 12.4 Å².